The van der Waals surface area contributed by atoms with Crippen LogP contribution in [0, 0.1) is 11.3 Å². The first-order valence-corrected chi connectivity index (χ1v) is 11.8. The fourth-order valence-corrected chi connectivity index (χ4v) is 4.81. The Labute approximate surface area is 209 Å². The third-order valence-electron chi connectivity index (χ3n) is 6.49. The summed E-state index contributed by atoms with van der Waals surface area (Å²) in [7, 11) is 0. The standard InChI is InChI=1S/C30H24N2O4/c1-3-35-30(34)25-18(2)32-28-23-10-6-7-11-24(23)29(33)27(28)26(25)19-12-14-22(15-13-19)36-17-21-9-5-4-8-20(21)16-31/h4-15,26,32H,3,17H2,1-2H3/t26-/m1/s1. The van der Waals surface area contributed by atoms with Crippen LogP contribution in [0.1, 0.15) is 52.4 Å². The first-order valence-electron chi connectivity index (χ1n) is 11.8. The van der Waals surface area contributed by atoms with E-state index in [4.69, 9.17) is 9.47 Å². The van der Waals surface area contributed by atoms with Gasteiger partial charge in [-0.15, -0.1) is 0 Å². The summed E-state index contributed by atoms with van der Waals surface area (Å²) < 4.78 is 11.3. The summed E-state index contributed by atoms with van der Waals surface area (Å²) in [5.41, 5.74) is 5.98. The highest BCUT2D eigenvalue weighted by molar-refractivity contribution is 6.23. The number of dihydropyridines is 1. The van der Waals surface area contributed by atoms with Gasteiger partial charge in [0.1, 0.15) is 12.4 Å². The number of fused-ring (bicyclic) bond motifs is 2. The van der Waals surface area contributed by atoms with Gasteiger partial charge >= 0.3 is 5.97 Å². The normalized spacial score (nSPS) is 16.1. The maximum Gasteiger partial charge on any atom is 0.336 e. The topological polar surface area (TPSA) is 88.4 Å². The molecule has 0 unspecified atom stereocenters. The lowest BCUT2D eigenvalue weighted by Crippen LogP contribution is -2.29. The van der Waals surface area contributed by atoms with Gasteiger partial charge < -0.3 is 14.8 Å². The van der Waals surface area contributed by atoms with Crippen LogP contribution >= 0.6 is 0 Å². The fraction of sp³-hybridized carbons (Fsp3) is 0.167. The Hall–Kier alpha value is -4.63. The summed E-state index contributed by atoms with van der Waals surface area (Å²) in [6.07, 6.45) is 0. The van der Waals surface area contributed by atoms with Crippen molar-refractivity contribution >= 4 is 17.4 Å². The second-order valence-electron chi connectivity index (χ2n) is 8.61. The fourth-order valence-electron chi connectivity index (χ4n) is 4.81. The second-order valence-corrected chi connectivity index (χ2v) is 8.61. The van der Waals surface area contributed by atoms with E-state index in [9.17, 15) is 14.9 Å². The van der Waals surface area contributed by atoms with E-state index in [2.05, 4.69) is 11.4 Å². The smallest absolute Gasteiger partial charge is 0.336 e. The van der Waals surface area contributed by atoms with E-state index in [0.29, 0.717) is 33.7 Å². The maximum atomic E-state index is 13.5. The number of nitrogens with zero attached hydrogens (tertiary/aromatic N) is 1. The summed E-state index contributed by atoms with van der Waals surface area (Å²) in [6.45, 7) is 4.08. The molecule has 3 aromatic carbocycles. The van der Waals surface area contributed by atoms with Crippen molar-refractivity contribution in [2.24, 2.45) is 0 Å². The van der Waals surface area contributed by atoms with Gasteiger partial charge in [0.15, 0.2) is 5.78 Å². The molecule has 3 aromatic rings. The van der Waals surface area contributed by atoms with Crippen LogP contribution in [-0.2, 0) is 16.1 Å². The maximum absolute atomic E-state index is 13.5. The third-order valence-corrected chi connectivity index (χ3v) is 6.49. The van der Waals surface area contributed by atoms with Crippen LogP contribution in [0.5, 0.6) is 5.75 Å². The molecule has 0 saturated carbocycles. The zero-order valence-electron chi connectivity index (χ0n) is 20.0. The number of ketones is 1. The molecule has 5 rings (SSSR count). The van der Waals surface area contributed by atoms with E-state index in [-0.39, 0.29) is 19.0 Å². The van der Waals surface area contributed by atoms with Gasteiger partial charge in [0.05, 0.1) is 29.5 Å². The van der Waals surface area contributed by atoms with Crippen molar-refractivity contribution in [3.05, 3.63) is 117 Å². The van der Waals surface area contributed by atoms with Crippen LogP contribution in [0.2, 0.25) is 0 Å². The van der Waals surface area contributed by atoms with Crippen molar-refractivity contribution in [1.82, 2.24) is 5.32 Å². The van der Waals surface area contributed by atoms with Gasteiger partial charge in [-0.3, -0.25) is 4.79 Å². The van der Waals surface area contributed by atoms with E-state index in [0.717, 1.165) is 22.4 Å². The van der Waals surface area contributed by atoms with Crippen LogP contribution in [0.3, 0.4) is 0 Å². The summed E-state index contributed by atoms with van der Waals surface area (Å²) in [4.78, 5) is 26.6. The molecule has 1 aliphatic carbocycles. The number of Topliss-reactive ketones (excluding diaryl/α,β-unsaturated/α-hetero) is 1. The van der Waals surface area contributed by atoms with Crippen LogP contribution in [0.4, 0.5) is 0 Å². The first-order chi connectivity index (χ1) is 17.5. The number of carbonyl (C=O) groups is 2. The molecule has 178 valence electrons. The lowest BCUT2D eigenvalue weighted by atomic mass is 9.80. The van der Waals surface area contributed by atoms with Crippen LogP contribution in [-0.4, -0.2) is 18.4 Å². The minimum atomic E-state index is -0.575. The molecule has 2 aliphatic rings. The van der Waals surface area contributed by atoms with Crippen molar-refractivity contribution in [1.29, 1.82) is 5.26 Å². The number of esters is 1. The van der Waals surface area contributed by atoms with E-state index in [1.54, 1.807) is 13.0 Å². The highest BCUT2D eigenvalue weighted by atomic mass is 16.5. The SMILES string of the molecule is CCOC(=O)C1=C(C)NC2=C(C(=O)c3ccccc32)[C@@H]1c1ccc(OCc2ccccc2C#N)cc1. The van der Waals surface area contributed by atoms with Crippen molar-refractivity contribution in [2.45, 2.75) is 26.4 Å². The Morgan fingerprint density at radius 2 is 1.69 bits per heavy atom. The Balaban J connectivity index is 1.50. The molecule has 1 aliphatic heterocycles. The number of nitrogens with one attached hydrogen (secondary N) is 1. The molecule has 0 radical (unpaired) electrons. The lowest BCUT2D eigenvalue weighted by Gasteiger charge is -2.29. The number of rotatable bonds is 6. The average Bonchev–Trinajstić information content (AvgIpc) is 3.18. The van der Waals surface area contributed by atoms with Crippen molar-refractivity contribution in [2.75, 3.05) is 6.61 Å². The number of ether oxygens (including phenoxy) is 2. The van der Waals surface area contributed by atoms with Crippen molar-refractivity contribution < 1.29 is 19.1 Å². The summed E-state index contributed by atoms with van der Waals surface area (Å²) >= 11 is 0. The highest BCUT2D eigenvalue weighted by Gasteiger charge is 2.42. The second kappa shape index (κ2) is 9.55. The zero-order chi connectivity index (χ0) is 25.2. The molecule has 6 heteroatoms. The minimum Gasteiger partial charge on any atom is -0.489 e. The van der Waals surface area contributed by atoms with Gasteiger partial charge in [-0.1, -0.05) is 54.6 Å². The van der Waals surface area contributed by atoms with Crippen LogP contribution in [0.25, 0.3) is 5.70 Å². The summed E-state index contributed by atoms with van der Waals surface area (Å²) in [6, 6.07) is 24.3. The molecule has 1 heterocycles. The molecule has 36 heavy (non-hydrogen) atoms. The minimum absolute atomic E-state index is 0.0964. The van der Waals surface area contributed by atoms with Crippen molar-refractivity contribution in [3.63, 3.8) is 0 Å². The molecular formula is C30H24N2O4. The number of nitriles is 1. The zero-order valence-corrected chi connectivity index (χ0v) is 20.0. The van der Waals surface area contributed by atoms with Gasteiger partial charge in [0.25, 0.3) is 0 Å². The highest BCUT2D eigenvalue weighted by Crippen LogP contribution is 2.46. The Morgan fingerprint density at radius 3 is 2.42 bits per heavy atom. The Kier molecular flexibility index (Phi) is 6.14. The van der Waals surface area contributed by atoms with Crippen molar-refractivity contribution in [3.8, 4) is 11.8 Å². The molecule has 0 bridgehead atoms. The number of hydrogen-bond acceptors (Lipinski definition) is 6. The molecule has 1 atom stereocenters. The quantitative estimate of drug-likeness (QED) is 0.488. The van der Waals surface area contributed by atoms with Gasteiger partial charge in [-0.25, -0.2) is 4.79 Å². The molecule has 0 saturated heterocycles. The summed E-state index contributed by atoms with van der Waals surface area (Å²) in [5, 5.41) is 12.6. The van der Waals surface area contributed by atoms with E-state index >= 15 is 0 Å². The molecule has 0 amide bonds. The van der Waals surface area contributed by atoms with Crippen LogP contribution < -0.4 is 10.1 Å². The number of carbonyl (C=O) groups excluding carboxylic acids is 2. The largest absolute Gasteiger partial charge is 0.489 e. The monoisotopic (exact) mass is 476 g/mol. The van der Waals surface area contributed by atoms with Gasteiger partial charge in [-0.2, -0.15) is 5.26 Å². The molecular weight excluding hydrogens is 452 g/mol. The average molecular weight is 477 g/mol. The van der Waals surface area contributed by atoms with E-state index in [1.165, 1.54) is 0 Å². The van der Waals surface area contributed by atoms with Gasteiger partial charge in [-0.05, 0) is 37.6 Å². The van der Waals surface area contributed by atoms with E-state index in [1.807, 2.05) is 73.7 Å². The van der Waals surface area contributed by atoms with Gasteiger partial charge in [0, 0.05) is 33.9 Å². The predicted octanol–water partition coefficient (Wildman–Crippen LogP) is 5.27. The molecule has 0 spiro atoms. The predicted molar refractivity (Wildman–Crippen MR) is 135 cm³/mol. The first kappa shape index (κ1) is 23.1. The Bertz CT molecular complexity index is 1480. The summed E-state index contributed by atoms with van der Waals surface area (Å²) in [5.74, 6) is -0.500. The lowest BCUT2D eigenvalue weighted by molar-refractivity contribution is -0.138. The molecule has 0 aromatic heterocycles. The number of hydrogen-bond donors (Lipinski definition) is 1. The number of benzene rings is 3. The van der Waals surface area contributed by atoms with Gasteiger partial charge in [0.2, 0.25) is 0 Å². The molecule has 1 N–H and O–H groups in total. The van der Waals surface area contributed by atoms with Crippen LogP contribution in [0.15, 0.2) is 89.6 Å². The van der Waals surface area contributed by atoms with E-state index < -0.39 is 11.9 Å². The number of allylic oxidation sites excluding steroid dienone is 2. The molecule has 0 fully saturated rings. The third kappa shape index (κ3) is 3.95. The Morgan fingerprint density at radius 1 is 1.00 bits per heavy atom. The molecule has 6 nitrogen and oxygen atoms in total.